The van der Waals surface area contributed by atoms with Gasteiger partial charge in [-0.25, -0.2) is 9.18 Å². The molecule has 0 spiro atoms. The summed E-state index contributed by atoms with van der Waals surface area (Å²) >= 11 is 7.33. The first kappa shape index (κ1) is 39.7. The van der Waals surface area contributed by atoms with Gasteiger partial charge in [-0.2, -0.15) is 0 Å². The first-order valence-electron chi connectivity index (χ1n) is 17.8. The molecule has 2 aromatic rings. The number of ether oxygens (including phenoxy) is 1. The van der Waals surface area contributed by atoms with Gasteiger partial charge in [-0.1, -0.05) is 114 Å². The Balaban J connectivity index is 1.55. The fourth-order valence-electron chi connectivity index (χ4n) is 5.70. The Hall–Kier alpha value is -2.78. The summed E-state index contributed by atoms with van der Waals surface area (Å²) in [5.41, 5.74) is 0.341. The van der Waals surface area contributed by atoms with E-state index in [1.165, 1.54) is 99.4 Å². The molecule has 1 aliphatic rings. The van der Waals surface area contributed by atoms with Gasteiger partial charge in [0.25, 0.3) is 11.8 Å². The van der Waals surface area contributed by atoms with Crippen LogP contribution in [0, 0.1) is 5.82 Å². The number of nitrogens with zero attached hydrogens (tertiary/aromatic N) is 1. The molecule has 1 atom stereocenters. The number of hydrogen-bond acceptors (Lipinski definition) is 5. The van der Waals surface area contributed by atoms with Gasteiger partial charge in [-0.15, -0.1) is 11.8 Å². The number of nitrogens with one attached hydrogen (secondary N) is 2. The van der Waals surface area contributed by atoms with Gasteiger partial charge in [0.1, 0.15) is 17.5 Å². The third-order valence-electron chi connectivity index (χ3n) is 8.31. The van der Waals surface area contributed by atoms with Crippen molar-refractivity contribution in [3.8, 4) is 0 Å². The number of anilines is 1. The highest BCUT2D eigenvalue weighted by molar-refractivity contribution is 7.99. The van der Waals surface area contributed by atoms with E-state index in [1.54, 1.807) is 45.0 Å². The summed E-state index contributed by atoms with van der Waals surface area (Å²) in [5.74, 6) is -1.38. The molecule has 0 unspecified atom stereocenters. The molecule has 0 fully saturated rings. The minimum atomic E-state index is -0.926. The van der Waals surface area contributed by atoms with Gasteiger partial charge in [-0.05, 0) is 57.0 Å². The fourth-order valence-corrected chi connectivity index (χ4v) is 6.90. The van der Waals surface area contributed by atoms with E-state index >= 15 is 4.39 Å². The Bertz CT molecular complexity index is 1320. The average molecular weight is 704 g/mol. The molecule has 2 N–H and O–H groups in total. The smallest absolute Gasteiger partial charge is 0.408 e. The summed E-state index contributed by atoms with van der Waals surface area (Å²) in [4.78, 5) is 41.6. The lowest BCUT2D eigenvalue weighted by Crippen LogP contribution is -2.50. The van der Waals surface area contributed by atoms with Crippen molar-refractivity contribution in [2.45, 2.75) is 141 Å². The number of rotatable bonds is 19. The highest BCUT2D eigenvalue weighted by atomic mass is 35.5. The summed E-state index contributed by atoms with van der Waals surface area (Å²) in [6, 6.07) is 8.89. The van der Waals surface area contributed by atoms with Crippen LogP contribution in [0.25, 0.3) is 0 Å². The van der Waals surface area contributed by atoms with Gasteiger partial charge in [0.15, 0.2) is 0 Å². The van der Waals surface area contributed by atoms with Gasteiger partial charge < -0.3 is 20.3 Å². The molecule has 0 bridgehead atoms. The number of alkyl carbamates (subject to hydrolysis) is 1. The van der Waals surface area contributed by atoms with Crippen LogP contribution < -0.4 is 15.5 Å². The lowest BCUT2D eigenvalue weighted by atomic mass is 10.0. The highest BCUT2D eigenvalue weighted by Crippen LogP contribution is 2.37. The van der Waals surface area contributed by atoms with Crippen LogP contribution in [0.5, 0.6) is 0 Å². The monoisotopic (exact) mass is 703 g/mol. The molecule has 266 valence electrons. The zero-order valence-electron chi connectivity index (χ0n) is 29.3. The summed E-state index contributed by atoms with van der Waals surface area (Å²) in [7, 11) is 0. The van der Waals surface area contributed by atoms with Crippen molar-refractivity contribution in [1.29, 1.82) is 0 Å². The molecule has 1 aliphatic heterocycles. The molecule has 3 rings (SSSR count). The van der Waals surface area contributed by atoms with E-state index in [0.717, 1.165) is 24.8 Å². The van der Waals surface area contributed by atoms with E-state index < -0.39 is 29.5 Å². The SMILES string of the molecule is CCCCCCCCCCCCCCCCNC(=O)c1cc2c(cc1F)SC[C@H](NC(=O)OC(C)(C)C)C(=O)N2Cc1ccc(Cl)cc1. The Morgan fingerprint density at radius 3 is 2.04 bits per heavy atom. The fraction of sp³-hybridized carbons (Fsp3) is 0.605. The van der Waals surface area contributed by atoms with Crippen LogP contribution in [-0.2, 0) is 16.1 Å². The second-order valence-electron chi connectivity index (χ2n) is 13.7. The third-order valence-corrected chi connectivity index (χ3v) is 9.70. The number of thioether (sulfide) groups is 1. The number of halogens is 2. The molecule has 0 saturated heterocycles. The number of amides is 3. The summed E-state index contributed by atoms with van der Waals surface area (Å²) < 4.78 is 20.8. The standard InChI is InChI=1S/C38H55ClFN3O4S/c1-5-6-7-8-9-10-11-12-13-14-15-16-17-18-23-41-35(44)30-24-33-34(25-31(30)40)48-27-32(42-37(46)47-38(2,3)4)36(45)43(33)26-28-19-21-29(39)22-20-28/h19-22,24-25,32H,5-18,23,26-27H2,1-4H3,(H,41,44)(H,42,46)/t32-/m0/s1. The van der Waals surface area contributed by atoms with Crippen molar-refractivity contribution in [2.24, 2.45) is 0 Å². The molecule has 0 saturated carbocycles. The van der Waals surface area contributed by atoms with Crippen LogP contribution in [0.2, 0.25) is 5.02 Å². The topological polar surface area (TPSA) is 87.7 Å². The summed E-state index contributed by atoms with van der Waals surface area (Å²) in [5, 5.41) is 6.10. The zero-order chi connectivity index (χ0) is 34.9. The van der Waals surface area contributed by atoms with Crippen LogP contribution in [0.4, 0.5) is 14.9 Å². The molecule has 2 aromatic carbocycles. The molecule has 0 aromatic heterocycles. The molecule has 48 heavy (non-hydrogen) atoms. The van der Waals surface area contributed by atoms with E-state index in [-0.39, 0.29) is 23.8 Å². The first-order valence-corrected chi connectivity index (χ1v) is 19.1. The van der Waals surface area contributed by atoms with Crippen LogP contribution in [0.1, 0.15) is 134 Å². The molecule has 7 nitrogen and oxygen atoms in total. The number of unbranched alkanes of at least 4 members (excludes halogenated alkanes) is 13. The Kier molecular flexibility index (Phi) is 17.1. The van der Waals surface area contributed by atoms with E-state index in [1.807, 2.05) is 0 Å². The maximum Gasteiger partial charge on any atom is 0.408 e. The van der Waals surface area contributed by atoms with Crippen molar-refractivity contribution in [2.75, 3.05) is 17.2 Å². The largest absolute Gasteiger partial charge is 0.444 e. The van der Waals surface area contributed by atoms with Gasteiger partial charge in [-0.3, -0.25) is 9.59 Å². The first-order chi connectivity index (χ1) is 23.0. The van der Waals surface area contributed by atoms with Gasteiger partial charge in [0.2, 0.25) is 0 Å². The quantitative estimate of drug-likeness (QED) is 0.142. The predicted octanol–water partition coefficient (Wildman–Crippen LogP) is 10.2. The second-order valence-corrected chi connectivity index (χ2v) is 15.2. The Morgan fingerprint density at radius 2 is 1.48 bits per heavy atom. The predicted molar refractivity (Wildman–Crippen MR) is 196 cm³/mol. The van der Waals surface area contributed by atoms with Crippen LogP contribution >= 0.6 is 23.4 Å². The normalized spacial score (nSPS) is 14.8. The van der Waals surface area contributed by atoms with E-state index in [0.29, 0.717) is 22.2 Å². The van der Waals surface area contributed by atoms with Gasteiger partial charge in [0.05, 0.1) is 17.8 Å². The lowest BCUT2D eigenvalue weighted by molar-refractivity contribution is -0.120. The van der Waals surface area contributed by atoms with Crippen molar-refractivity contribution in [3.05, 3.63) is 58.4 Å². The zero-order valence-corrected chi connectivity index (χ0v) is 30.9. The average Bonchev–Trinajstić information content (AvgIpc) is 3.14. The molecule has 0 radical (unpaired) electrons. The molecular formula is C38H55ClFN3O4S. The van der Waals surface area contributed by atoms with E-state index in [9.17, 15) is 14.4 Å². The molecule has 1 heterocycles. The number of carbonyl (C=O) groups excluding carboxylic acids is 3. The molecular weight excluding hydrogens is 649 g/mol. The minimum Gasteiger partial charge on any atom is -0.444 e. The van der Waals surface area contributed by atoms with Crippen molar-refractivity contribution in [3.63, 3.8) is 0 Å². The second kappa shape index (κ2) is 20.7. The van der Waals surface area contributed by atoms with Crippen LogP contribution in [-0.4, -0.2) is 41.8 Å². The van der Waals surface area contributed by atoms with Crippen LogP contribution in [0.3, 0.4) is 0 Å². The van der Waals surface area contributed by atoms with Gasteiger partial charge >= 0.3 is 6.09 Å². The molecule has 10 heteroatoms. The number of fused-ring (bicyclic) bond motifs is 1. The molecule has 0 aliphatic carbocycles. The van der Waals surface area contributed by atoms with Gasteiger partial charge in [0, 0.05) is 22.2 Å². The highest BCUT2D eigenvalue weighted by Gasteiger charge is 2.34. The summed E-state index contributed by atoms with van der Waals surface area (Å²) in [6.07, 6.45) is 16.8. The van der Waals surface area contributed by atoms with E-state index in [2.05, 4.69) is 17.6 Å². The summed E-state index contributed by atoms with van der Waals surface area (Å²) in [6.45, 7) is 8.08. The Morgan fingerprint density at radius 1 is 0.917 bits per heavy atom. The van der Waals surface area contributed by atoms with Crippen molar-refractivity contribution >= 4 is 47.0 Å². The number of carbonyl (C=O) groups is 3. The van der Waals surface area contributed by atoms with Crippen LogP contribution in [0.15, 0.2) is 41.3 Å². The maximum atomic E-state index is 15.4. The van der Waals surface area contributed by atoms with Crippen molar-refractivity contribution in [1.82, 2.24) is 10.6 Å². The number of hydrogen-bond donors (Lipinski definition) is 2. The van der Waals surface area contributed by atoms with E-state index in [4.69, 9.17) is 16.3 Å². The number of benzene rings is 2. The molecule has 3 amide bonds. The maximum absolute atomic E-state index is 15.4. The third kappa shape index (κ3) is 14.0. The van der Waals surface area contributed by atoms with Crippen molar-refractivity contribution < 1.29 is 23.5 Å². The lowest BCUT2D eigenvalue weighted by Gasteiger charge is -2.27. The Labute approximate surface area is 296 Å². The minimum absolute atomic E-state index is 0.118.